The van der Waals surface area contributed by atoms with Gasteiger partial charge in [-0.25, -0.2) is 0 Å². The number of nitrogens with two attached hydrogens (primary N) is 1. The molecule has 2 heteroatoms. The van der Waals surface area contributed by atoms with Gasteiger partial charge < -0.3 is 10.5 Å². The Morgan fingerprint density at radius 3 is 2.80 bits per heavy atom. The van der Waals surface area contributed by atoms with Gasteiger partial charge in [-0.05, 0) is 43.4 Å². The van der Waals surface area contributed by atoms with Crippen molar-refractivity contribution < 1.29 is 4.74 Å². The first-order valence-corrected chi connectivity index (χ1v) is 6.14. The molecule has 84 valence electrons. The number of hydrogen-bond donors (Lipinski definition) is 1. The van der Waals surface area contributed by atoms with E-state index in [1.54, 1.807) is 0 Å². The number of ether oxygens (including phenoxy) is 1. The fourth-order valence-electron chi connectivity index (χ4n) is 4.64. The van der Waals surface area contributed by atoms with E-state index in [-0.39, 0.29) is 5.54 Å². The number of methoxy groups -OCH3 is 1. The van der Waals surface area contributed by atoms with Crippen molar-refractivity contribution in [3.8, 4) is 0 Å². The van der Waals surface area contributed by atoms with Crippen molar-refractivity contribution >= 4 is 0 Å². The van der Waals surface area contributed by atoms with E-state index >= 15 is 0 Å². The first kappa shape index (κ1) is 9.86. The van der Waals surface area contributed by atoms with Gasteiger partial charge in [0.25, 0.3) is 0 Å². The van der Waals surface area contributed by atoms with Gasteiger partial charge in [-0.2, -0.15) is 0 Å². The highest BCUT2D eigenvalue weighted by Gasteiger charge is 2.58. The van der Waals surface area contributed by atoms with Gasteiger partial charge in [0, 0.05) is 18.6 Å². The number of hydrogen-bond acceptors (Lipinski definition) is 2. The summed E-state index contributed by atoms with van der Waals surface area (Å²) in [5.74, 6) is 2.89. The molecule has 6 atom stereocenters. The minimum Gasteiger partial charge on any atom is -0.381 e. The molecular formula is C13H21NO. The van der Waals surface area contributed by atoms with Crippen LogP contribution in [0, 0.1) is 23.7 Å². The Morgan fingerprint density at radius 1 is 1.33 bits per heavy atom. The van der Waals surface area contributed by atoms with Crippen LogP contribution in [0.25, 0.3) is 0 Å². The van der Waals surface area contributed by atoms with Crippen molar-refractivity contribution in [2.75, 3.05) is 7.11 Å². The fourth-order valence-corrected chi connectivity index (χ4v) is 4.64. The zero-order valence-corrected chi connectivity index (χ0v) is 9.49. The molecule has 4 aliphatic carbocycles. The van der Waals surface area contributed by atoms with E-state index in [9.17, 15) is 0 Å². The van der Waals surface area contributed by atoms with Gasteiger partial charge >= 0.3 is 0 Å². The van der Waals surface area contributed by atoms with Crippen molar-refractivity contribution in [3.05, 3.63) is 12.7 Å². The molecule has 0 spiro atoms. The molecule has 6 unspecified atom stereocenters. The Bertz CT molecular complexity index is 290. The maximum absolute atomic E-state index is 6.56. The molecule has 0 saturated heterocycles. The Balaban J connectivity index is 1.98. The molecule has 2 nitrogen and oxygen atoms in total. The van der Waals surface area contributed by atoms with Crippen LogP contribution in [0.4, 0.5) is 0 Å². The minimum absolute atomic E-state index is 0.145. The monoisotopic (exact) mass is 207 g/mol. The molecule has 0 aliphatic heterocycles. The van der Waals surface area contributed by atoms with Crippen molar-refractivity contribution in [1.29, 1.82) is 0 Å². The predicted octanol–water partition coefficient (Wildman–Crippen LogP) is 1.95. The van der Waals surface area contributed by atoms with Crippen LogP contribution in [-0.4, -0.2) is 18.8 Å². The standard InChI is InChI=1S/C13H21NO/c1-3-13(14)10-5-8-4-9(7-10)12(15-2)11(13)6-8/h3,8-12H,1,4-7,14H2,2H3. The van der Waals surface area contributed by atoms with Crippen LogP contribution in [0.15, 0.2) is 12.7 Å². The van der Waals surface area contributed by atoms with E-state index in [0.29, 0.717) is 17.9 Å². The molecule has 2 N–H and O–H groups in total. The SMILES string of the molecule is C=CC1(N)C2CC3CC(C2)C(OC)C1C3. The zero-order valence-electron chi connectivity index (χ0n) is 9.49. The van der Waals surface area contributed by atoms with Crippen LogP contribution >= 0.6 is 0 Å². The van der Waals surface area contributed by atoms with Crippen molar-refractivity contribution in [2.45, 2.75) is 37.3 Å². The molecule has 0 aromatic rings. The molecule has 4 aliphatic rings. The minimum atomic E-state index is -0.145. The van der Waals surface area contributed by atoms with Crippen molar-refractivity contribution in [1.82, 2.24) is 0 Å². The lowest BCUT2D eigenvalue weighted by Crippen LogP contribution is -2.67. The highest BCUT2D eigenvalue weighted by Crippen LogP contribution is 2.58. The van der Waals surface area contributed by atoms with Crippen LogP contribution in [0.5, 0.6) is 0 Å². The second-order valence-corrected chi connectivity index (χ2v) is 5.78. The van der Waals surface area contributed by atoms with E-state index in [2.05, 4.69) is 6.58 Å². The molecule has 4 rings (SSSR count). The van der Waals surface area contributed by atoms with Crippen molar-refractivity contribution in [3.63, 3.8) is 0 Å². The lowest BCUT2D eigenvalue weighted by molar-refractivity contribution is -0.141. The maximum atomic E-state index is 6.56. The molecule has 15 heavy (non-hydrogen) atoms. The van der Waals surface area contributed by atoms with E-state index in [4.69, 9.17) is 10.5 Å². The molecule has 0 radical (unpaired) electrons. The van der Waals surface area contributed by atoms with E-state index in [0.717, 1.165) is 11.8 Å². The molecule has 0 aromatic heterocycles. The first-order chi connectivity index (χ1) is 7.19. The third-order valence-electron chi connectivity index (χ3n) is 5.26. The lowest BCUT2D eigenvalue weighted by atomic mass is 9.47. The van der Waals surface area contributed by atoms with Gasteiger partial charge in [0.1, 0.15) is 0 Å². The topological polar surface area (TPSA) is 35.2 Å². The zero-order chi connectivity index (χ0) is 10.6. The van der Waals surface area contributed by atoms with Crippen LogP contribution in [-0.2, 0) is 4.74 Å². The van der Waals surface area contributed by atoms with E-state index in [1.165, 1.54) is 25.7 Å². The van der Waals surface area contributed by atoms with Gasteiger partial charge in [0.2, 0.25) is 0 Å². The quantitative estimate of drug-likeness (QED) is 0.702. The lowest BCUT2D eigenvalue weighted by Gasteiger charge is -2.61. The summed E-state index contributed by atoms with van der Waals surface area (Å²) in [7, 11) is 1.84. The highest BCUT2D eigenvalue weighted by molar-refractivity contribution is 5.19. The molecule has 4 bridgehead atoms. The van der Waals surface area contributed by atoms with E-state index in [1.807, 2.05) is 13.2 Å². The first-order valence-electron chi connectivity index (χ1n) is 6.14. The van der Waals surface area contributed by atoms with Crippen LogP contribution < -0.4 is 5.73 Å². The van der Waals surface area contributed by atoms with Gasteiger partial charge in [0.15, 0.2) is 0 Å². The second kappa shape index (κ2) is 3.08. The van der Waals surface area contributed by atoms with Crippen molar-refractivity contribution in [2.24, 2.45) is 29.4 Å². The maximum Gasteiger partial charge on any atom is 0.0648 e. The Morgan fingerprint density at radius 2 is 2.13 bits per heavy atom. The van der Waals surface area contributed by atoms with Crippen LogP contribution in [0.3, 0.4) is 0 Å². The fraction of sp³-hybridized carbons (Fsp3) is 0.846. The molecule has 0 aromatic carbocycles. The average Bonchev–Trinajstić information content (AvgIpc) is 2.25. The summed E-state index contributed by atoms with van der Waals surface area (Å²) < 4.78 is 5.70. The highest BCUT2D eigenvalue weighted by atomic mass is 16.5. The molecule has 0 amide bonds. The molecule has 4 fully saturated rings. The van der Waals surface area contributed by atoms with Crippen LogP contribution in [0.2, 0.25) is 0 Å². The van der Waals surface area contributed by atoms with Gasteiger partial charge in [0.05, 0.1) is 6.10 Å². The van der Waals surface area contributed by atoms with Gasteiger partial charge in [-0.1, -0.05) is 6.08 Å². The Hall–Kier alpha value is -0.340. The summed E-state index contributed by atoms with van der Waals surface area (Å²) in [4.78, 5) is 0. The number of rotatable bonds is 2. The summed E-state index contributed by atoms with van der Waals surface area (Å²) in [5.41, 5.74) is 6.41. The average molecular weight is 207 g/mol. The summed E-state index contributed by atoms with van der Waals surface area (Å²) in [6.45, 7) is 3.97. The largest absolute Gasteiger partial charge is 0.381 e. The van der Waals surface area contributed by atoms with E-state index < -0.39 is 0 Å². The molecule has 4 saturated carbocycles. The summed E-state index contributed by atoms with van der Waals surface area (Å²) >= 11 is 0. The second-order valence-electron chi connectivity index (χ2n) is 5.78. The molecular weight excluding hydrogens is 186 g/mol. The molecule has 0 heterocycles. The summed E-state index contributed by atoms with van der Waals surface area (Å²) in [6, 6.07) is 0. The van der Waals surface area contributed by atoms with Gasteiger partial charge in [-0.15, -0.1) is 6.58 Å². The predicted molar refractivity (Wildman–Crippen MR) is 60.3 cm³/mol. The van der Waals surface area contributed by atoms with Crippen LogP contribution in [0.1, 0.15) is 25.7 Å². The third-order valence-corrected chi connectivity index (χ3v) is 5.26. The Labute approximate surface area is 91.9 Å². The summed E-state index contributed by atoms with van der Waals surface area (Å²) in [6.07, 6.45) is 7.61. The normalized spacial score (nSPS) is 57.1. The third kappa shape index (κ3) is 1.12. The smallest absolute Gasteiger partial charge is 0.0648 e. The summed E-state index contributed by atoms with van der Waals surface area (Å²) in [5, 5.41) is 0. The van der Waals surface area contributed by atoms with Gasteiger partial charge in [-0.3, -0.25) is 0 Å². The Kier molecular flexibility index (Phi) is 2.02.